The highest BCUT2D eigenvalue weighted by atomic mass is 35.5. The van der Waals surface area contributed by atoms with E-state index in [0.717, 1.165) is 5.56 Å². The summed E-state index contributed by atoms with van der Waals surface area (Å²) in [6, 6.07) is 29.6. The standard InChI is InChI=1S/C29H23ClO5/c1-33-25-9-5-6-10-26(25)34-19-20-11-13-23(14-12-20)29(32)35-28(22-15-17-24(30)18-16-22)27(31)21-7-3-2-4-8-21/h2-18,28H,19H2,1H3/t28-/m1/s1. The van der Waals surface area contributed by atoms with Crippen LogP contribution in [0.25, 0.3) is 0 Å². The van der Waals surface area contributed by atoms with Gasteiger partial charge in [-0.2, -0.15) is 0 Å². The molecule has 0 aromatic heterocycles. The topological polar surface area (TPSA) is 61.8 Å². The zero-order valence-corrected chi connectivity index (χ0v) is 19.8. The molecule has 0 fully saturated rings. The Morgan fingerprint density at radius 3 is 2.03 bits per heavy atom. The molecule has 0 spiro atoms. The third-order valence-electron chi connectivity index (χ3n) is 5.35. The molecule has 0 radical (unpaired) electrons. The summed E-state index contributed by atoms with van der Waals surface area (Å²) in [6.45, 7) is 0.301. The van der Waals surface area contributed by atoms with Crippen molar-refractivity contribution in [2.75, 3.05) is 7.11 Å². The minimum atomic E-state index is -1.10. The van der Waals surface area contributed by atoms with Crippen molar-refractivity contribution < 1.29 is 23.8 Å². The molecule has 0 unspecified atom stereocenters. The zero-order chi connectivity index (χ0) is 24.6. The van der Waals surface area contributed by atoms with Crippen LogP contribution in [0.1, 0.15) is 37.9 Å². The highest BCUT2D eigenvalue weighted by molar-refractivity contribution is 6.30. The maximum absolute atomic E-state index is 13.2. The van der Waals surface area contributed by atoms with E-state index in [1.54, 1.807) is 79.9 Å². The fourth-order valence-corrected chi connectivity index (χ4v) is 3.60. The number of hydrogen-bond donors (Lipinski definition) is 0. The minimum Gasteiger partial charge on any atom is -0.493 e. The van der Waals surface area contributed by atoms with Crippen molar-refractivity contribution in [3.8, 4) is 11.5 Å². The van der Waals surface area contributed by atoms with Gasteiger partial charge in [0, 0.05) is 16.1 Å². The maximum Gasteiger partial charge on any atom is 0.339 e. The average Bonchev–Trinajstić information content (AvgIpc) is 2.91. The maximum atomic E-state index is 13.2. The Balaban J connectivity index is 1.48. The fourth-order valence-electron chi connectivity index (χ4n) is 3.48. The molecule has 0 aliphatic carbocycles. The smallest absolute Gasteiger partial charge is 0.339 e. The summed E-state index contributed by atoms with van der Waals surface area (Å²) < 4.78 is 16.8. The van der Waals surface area contributed by atoms with Crippen LogP contribution in [0, 0.1) is 0 Å². The number of carbonyl (C=O) groups is 2. The van der Waals surface area contributed by atoms with Gasteiger partial charge in [0.25, 0.3) is 0 Å². The number of para-hydroxylation sites is 2. The minimum absolute atomic E-state index is 0.301. The number of methoxy groups -OCH3 is 1. The van der Waals surface area contributed by atoms with Crippen molar-refractivity contribution in [1.82, 2.24) is 0 Å². The number of halogens is 1. The Morgan fingerprint density at radius 2 is 1.37 bits per heavy atom. The first-order chi connectivity index (χ1) is 17.0. The van der Waals surface area contributed by atoms with E-state index in [-0.39, 0.29) is 5.78 Å². The highest BCUT2D eigenvalue weighted by Crippen LogP contribution is 2.28. The summed E-state index contributed by atoms with van der Waals surface area (Å²) in [5.41, 5.74) is 2.18. The predicted octanol–water partition coefficient (Wildman–Crippen LogP) is 6.71. The van der Waals surface area contributed by atoms with Crippen molar-refractivity contribution >= 4 is 23.4 Å². The monoisotopic (exact) mass is 486 g/mol. The molecule has 0 bridgehead atoms. The number of ketones is 1. The summed E-state index contributed by atoms with van der Waals surface area (Å²) >= 11 is 6.00. The number of hydrogen-bond acceptors (Lipinski definition) is 5. The number of benzene rings is 4. The lowest BCUT2D eigenvalue weighted by Gasteiger charge is -2.18. The van der Waals surface area contributed by atoms with Crippen molar-refractivity contribution in [2.45, 2.75) is 12.7 Å². The third-order valence-corrected chi connectivity index (χ3v) is 5.60. The van der Waals surface area contributed by atoms with Gasteiger partial charge in [0.15, 0.2) is 17.6 Å². The van der Waals surface area contributed by atoms with E-state index in [1.807, 2.05) is 30.3 Å². The fraction of sp³-hybridized carbons (Fsp3) is 0.103. The Bertz CT molecular complexity index is 1280. The molecule has 1 atom stereocenters. The number of Topliss-reactive ketones (excluding diaryl/α,β-unsaturated/α-hetero) is 1. The highest BCUT2D eigenvalue weighted by Gasteiger charge is 2.26. The molecule has 176 valence electrons. The van der Waals surface area contributed by atoms with E-state index in [2.05, 4.69) is 0 Å². The lowest BCUT2D eigenvalue weighted by Crippen LogP contribution is -2.20. The first kappa shape index (κ1) is 24.0. The molecule has 0 aliphatic heterocycles. The van der Waals surface area contributed by atoms with Gasteiger partial charge in [-0.3, -0.25) is 4.79 Å². The van der Waals surface area contributed by atoms with Gasteiger partial charge in [0.2, 0.25) is 5.78 Å². The normalized spacial score (nSPS) is 11.4. The Hall–Kier alpha value is -4.09. The van der Waals surface area contributed by atoms with Crippen LogP contribution < -0.4 is 9.47 Å². The van der Waals surface area contributed by atoms with E-state index in [9.17, 15) is 9.59 Å². The molecule has 0 saturated heterocycles. The average molecular weight is 487 g/mol. The molecule has 4 aromatic rings. The zero-order valence-electron chi connectivity index (χ0n) is 19.0. The second-order valence-corrected chi connectivity index (χ2v) is 8.14. The Labute approximate surface area is 208 Å². The van der Waals surface area contributed by atoms with Crippen LogP contribution in [0.15, 0.2) is 103 Å². The van der Waals surface area contributed by atoms with E-state index in [1.165, 1.54) is 0 Å². The van der Waals surface area contributed by atoms with Crippen LogP contribution in [0.2, 0.25) is 5.02 Å². The molecular formula is C29H23ClO5. The summed E-state index contributed by atoms with van der Waals surface area (Å²) in [6.07, 6.45) is -1.10. The first-order valence-electron chi connectivity index (χ1n) is 11.0. The number of rotatable bonds is 9. The number of carbonyl (C=O) groups excluding carboxylic acids is 2. The van der Waals surface area contributed by atoms with Gasteiger partial charge in [-0.1, -0.05) is 78.3 Å². The van der Waals surface area contributed by atoms with Crippen molar-refractivity contribution in [3.05, 3.63) is 130 Å². The second kappa shape index (κ2) is 11.4. The molecule has 6 heteroatoms. The summed E-state index contributed by atoms with van der Waals surface area (Å²) in [5.74, 6) is 0.349. The lowest BCUT2D eigenvalue weighted by atomic mass is 9.99. The molecule has 35 heavy (non-hydrogen) atoms. The van der Waals surface area contributed by atoms with Gasteiger partial charge < -0.3 is 14.2 Å². The SMILES string of the molecule is COc1ccccc1OCc1ccc(C(=O)O[C@@H](C(=O)c2ccccc2)c2ccc(Cl)cc2)cc1. The summed E-state index contributed by atoms with van der Waals surface area (Å²) in [5, 5.41) is 0.525. The van der Waals surface area contributed by atoms with Crippen molar-refractivity contribution in [3.63, 3.8) is 0 Å². The van der Waals surface area contributed by atoms with Crippen LogP contribution in [0.3, 0.4) is 0 Å². The molecule has 0 saturated carbocycles. The first-order valence-corrected chi connectivity index (χ1v) is 11.3. The predicted molar refractivity (Wildman–Crippen MR) is 134 cm³/mol. The number of esters is 1. The Morgan fingerprint density at radius 1 is 0.743 bits per heavy atom. The van der Waals surface area contributed by atoms with E-state index < -0.39 is 12.1 Å². The van der Waals surface area contributed by atoms with Crippen LogP contribution >= 0.6 is 11.6 Å². The molecule has 4 rings (SSSR count). The summed E-state index contributed by atoms with van der Waals surface area (Å²) in [7, 11) is 1.59. The van der Waals surface area contributed by atoms with Gasteiger partial charge in [0.1, 0.15) is 6.61 Å². The van der Waals surface area contributed by atoms with Gasteiger partial charge in [-0.25, -0.2) is 4.79 Å². The molecular weight excluding hydrogens is 464 g/mol. The van der Waals surface area contributed by atoms with Crippen LogP contribution in [0.5, 0.6) is 11.5 Å². The van der Waals surface area contributed by atoms with Crippen LogP contribution in [-0.2, 0) is 11.3 Å². The molecule has 0 heterocycles. The lowest BCUT2D eigenvalue weighted by molar-refractivity contribution is 0.0280. The van der Waals surface area contributed by atoms with Gasteiger partial charge in [-0.15, -0.1) is 0 Å². The van der Waals surface area contributed by atoms with E-state index in [4.69, 9.17) is 25.8 Å². The largest absolute Gasteiger partial charge is 0.493 e. The van der Waals surface area contributed by atoms with Crippen LogP contribution in [-0.4, -0.2) is 18.9 Å². The molecule has 5 nitrogen and oxygen atoms in total. The second-order valence-electron chi connectivity index (χ2n) is 7.70. The molecule has 0 aliphatic rings. The molecule has 0 N–H and O–H groups in total. The van der Waals surface area contributed by atoms with Gasteiger partial charge >= 0.3 is 5.97 Å². The quantitative estimate of drug-likeness (QED) is 0.194. The van der Waals surface area contributed by atoms with Gasteiger partial charge in [0.05, 0.1) is 12.7 Å². The number of ether oxygens (including phenoxy) is 3. The molecule has 0 amide bonds. The van der Waals surface area contributed by atoms with E-state index >= 15 is 0 Å². The third kappa shape index (κ3) is 6.08. The van der Waals surface area contributed by atoms with Crippen molar-refractivity contribution in [2.24, 2.45) is 0 Å². The van der Waals surface area contributed by atoms with Gasteiger partial charge in [-0.05, 0) is 42.0 Å². The van der Waals surface area contributed by atoms with Crippen molar-refractivity contribution in [1.29, 1.82) is 0 Å². The van der Waals surface area contributed by atoms with E-state index in [0.29, 0.717) is 39.8 Å². The Kier molecular flexibility index (Phi) is 7.81. The van der Waals surface area contributed by atoms with Crippen LogP contribution in [0.4, 0.5) is 0 Å². The summed E-state index contributed by atoms with van der Waals surface area (Å²) in [4.78, 5) is 26.1. The molecule has 4 aromatic carbocycles.